The van der Waals surface area contributed by atoms with Gasteiger partial charge in [0.25, 0.3) is 0 Å². The first-order valence-corrected chi connectivity index (χ1v) is 5.68. The van der Waals surface area contributed by atoms with E-state index in [2.05, 4.69) is 4.98 Å². The van der Waals surface area contributed by atoms with Crippen molar-refractivity contribution in [3.05, 3.63) is 47.7 Å². The molecule has 0 atom stereocenters. The first kappa shape index (κ1) is 12.2. The summed E-state index contributed by atoms with van der Waals surface area (Å²) in [6.45, 7) is 2.26. The molecule has 0 bridgehead atoms. The molecule has 0 aliphatic carbocycles. The Balaban J connectivity index is 2.15. The normalized spacial score (nSPS) is 10.1. The summed E-state index contributed by atoms with van der Waals surface area (Å²) in [6, 6.07) is 11.2. The van der Waals surface area contributed by atoms with Crippen LogP contribution in [-0.2, 0) is 6.61 Å². The Hall–Kier alpha value is -2.23. The lowest BCUT2D eigenvalue weighted by Crippen LogP contribution is -2.04. The maximum atomic E-state index is 5.91. The van der Waals surface area contributed by atoms with Crippen molar-refractivity contribution in [1.29, 1.82) is 0 Å². The molecule has 0 aliphatic heterocycles. The highest BCUT2D eigenvalue weighted by molar-refractivity contribution is 5.53. The van der Waals surface area contributed by atoms with E-state index < -0.39 is 0 Å². The number of nitrogens with two attached hydrogens (primary N) is 1. The minimum atomic E-state index is 0.340. The third kappa shape index (κ3) is 2.71. The van der Waals surface area contributed by atoms with Gasteiger partial charge < -0.3 is 15.2 Å². The maximum absolute atomic E-state index is 5.91. The molecular weight excluding hydrogens is 228 g/mol. The molecule has 94 valence electrons. The van der Waals surface area contributed by atoms with Gasteiger partial charge in [0.05, 0.1) is 12.7 Å². The molecule has 1 heterocycles. The topological polar surface area (TPSA) is 57.4 Å². The lowest BCUT2D eigenvalue weighted by molar-refractivity contribution is 0.286. The number of pyridine rings is 1. The molecule has 18 heavy (non-hydrogen) atoms. The number of hydrogen-bond donors (Lipinski definition) is 1. The van der Waals surface area contributed by atoms with Crippen LogP contribution in [0, 0.1) is 6.92 Å². The van der Waals surface area contributed by atoms with Crippen LogP contribution >= 0.6 is 0 Å². The van der Waals surface area contributed by atoms with Crippen molar-refractivity contribution in [1.82, 2.24) is 4.98 Å². The Morgan fingerprint density at radius 1 is 1.17 bits per heavy atom. The first-order valence-electron chi connectivity index (χ1n) is 5.68. The second-order valence-electron chi connectivity index (χ2n) is 3.93. The van der Waals surface area contributed by atoms with Crippen LogP contribution < -0.4 is 15.2 Å². The van der Waals surface area contributed by atoms with E-state index in [0.717, 1.165) is 17.0 Å². The van der Waals surface area contributed by atoms with E-state index in [0.29, 0.717) is 18.2 Å². The zero-order valence-electron chi connectivity index (χ0n) is 10.5. The molecule has 0 amide bonds. The Morgan fingerprint density at radius 2 is 1.94 bits per heavy atom. The van der Waals surface area contributed by atoms with Crippen molar-refractivity contribution in [2.45, 2.75) is 13.5 Å². The van der Waals surface area contributed by atoms with Crippen LogP contribution in [0.5, 0.6) is 11.6 Å². The maximum Gasteiger partial charge on any atom is 0.213 e. The quantitative estimate of drug-likeness (QED) is 0.840. The van der Waals surface area contributed by atoms with E-state index in [-0.39, 0.29) is 0 Å². The van der Waals surface area contributed by atoms with Crippen LogP contribution in [0.25, 0.3) is 0 Å². The molecule has 2 aromatic rings. The second-order valence-corrected chi connectivity index (χ2v) is 3.93. The summed E-state index contributed by atoms with van der Waals surface area (Å²) in [6.07, 6.45) is 0. The fourth-order valence-electron chi connectivity index (χ4n) is 1.67. The fourth-order valence-corrected chi connectivity index (χ4v) is 1.67. The molecule has 0 saturated heterocycles. The van der Waals surface area contributed by atoms with Crippen LogP contribution in [0.3, 0.4) is 0 Å². The molecule has 4 heteroatoms. The van der Waals surface area contributed by atoms with Crippen molar-refractivity contribution >= 4 is 5.69 Å². The predicted molar refractivity (Wildman–Crippen MR) is 70.7 cm³/mol. The summed E-state index contributed by atoms with van der Waals surface area (Å²) in [5.41, 5.74) is 8.32. The highest BCUT2D eigenvalue weighted by atomic mass is 16.5. The van der Waals surface area contributed by atoms with Gasteiger partial charge in [0, 0.05) is 17.4 Å². The zero-order valence-corrected chi connectivity index (χ0v) is 10.5. The third-order valence-electron chi connectivity index (χ3n) is 2.62. The van der Waals surface area contributed by atoms with Crippen LogP contribution in [0.15, 0.2) is 36.4 Å². The number of nitrogen functional groups attached to an aromatic ring is 1. The van der Waals surface area contributed by atoms with E-state index in [4.69, 9.17) is 15.2 Å². The van der Waals surface area contributed by atoms with Gasteiger partial charge in [-0.1, -0.05) is 12.1 Å². The van der Waals surface area contributed by atoms with Gasteiger partial charge in [0.1, 0.15) is 12.4 Å². The molecule has 1 aromatic heterocycles. The molecular formula is C14H16N2O2. The number of anilines is 1. The van der Waals surface area contributed by atoms with Gasteiger partial charge in [-0.05, 0) is 25.1 Å². The van der Waals surface area contributed by atoms with Crippen molar-refractivity contribution in [3.63, 3.8) is 0 Å². The number of nitrogens with zero attached hydrogens (tertiary/aromatic N) is 1. The first-order chi connectivity index (χ1) is 8.70. The standard InChI is InChI=1S/C14H16N2O2/c1-10-5-3-8-14(16-10)18-9-11-12(15)6-4-7-13(11)17-2/h3-8H,9,15H2,1-2H3. The molecule has 1 aromatic carbocycles. The number of methoxy groups -OCH3 is 1. The molecule has 0 unspecified atom stereocenters. The van der Waals surface area contributed by atoms with Gasteiger partial charge >= 0.3 is 0 Å². The van der Waals surface area contributed by atoms with E-state index in [1.165, 1.54) is 0 Å². The number of hydrogen-bond acceptors (Lipinski definition) is 4. The molecule has 0 fully saturated rings. The summed E-state index contributed by atoms with van der Waals surface area (Å²) in [5, 5.41) is 0. The lowest BCUT2D eigenvalue weighted by Gasteiger charge is -2.12. The average Bonchev–Trinajstić information content (AvgIpc) is 2.37. The van der Waals surface area contributed by atoms with Gasteiger partial charge in [-0.15, -0.1) is 0 Å². The highest BCUT2D eigenvalue weighted by Crippen LogP contribution is 2.25. The zero-order chi connectivity index (χ0) is 13.0. The summed E-state index contributed by atoms with van der Waals surface area (Å²) in [5.74, 6) is 1.31. The number of aromatic nitrogens is 1. The molecule has 0 radical (unpaired) electrons. The average molecular weight is 244 g/mol. The van der Waals surface area contributed by atoms with E-state index in [1.54, 1.807) is 7.11 Å². The van der Waals surface area contributed by atoms with Crippen molar-refractivity contribution in [2.24, 2.45) is 0 Å². The van der Waals surface area contributed by atoms with Crippen LogP contribution in [0.2, 0.25) is 0 Å². The molecule has 0 spiro atoms. The van der Waals surface area contributed by atoms with E-state index in [9.17, 15) is 0 Å². The minimum absolute atomic E-state index is 0.340. The summed E-state index contributed by atoms with van der Waals surface area (Å²) < 4.78 is 10.9. The molecule has 0 saturated carbocycles. The summed E-state index contributed by atoms with van der Waals surface area (Å²) in [7, 11) is 1.61. The van der Waals surface area contributed by atoms with Gasteiger partial charge in [0.15, 0.2) is 0 Å². The van der Waals surface area contributed by atoms with Crippen molar-refractivity contribution in [2.75, 3.05) is 12.8 Å². The number of ether oxygens (including phenoxy) is 2. The van der Waals surface area contributed by atoms with E-state index >= 15 is 0 Å². The van der Waals surface area contributed by atoms with Crippen molar-refractivity contribution in [3.8, 4) is 11.6 Å². The predicted octanol–water partition coefficient (Wildman–Crippen LogP) is 2.56. The van der Waals surface area contributed by atoms with Crippen LogP contribution in [-0.4, -0.2) is 12.1 Å². The minimum Gasteiger partial charge on any atom is -0.496 e. The Labute approximate surface area is 106 Å². The number of aryl methyl sites for hydroxylation is 1. The molecule has 2 rings (SSSR count). The Morgan fingerprint density at radius 3 is 2.67 bits per heavy atom. The second kappa shape index (κ2) is 5.40. The van der Waals surface area contributed by atoms with E-state index in [1.807, 2.05) is 43.3 Å². The Bertz CT molecular complexity index is 541. The fraction of sp³-hybridized carbons (Fsp3) is 0.214. The van der Waals surface area contributed by atoms with Gasteiger partial charge in [-0.25, -0.2) is 4.98 Å². The van der Waals surface area contributed by atoms with Crippen molar-refractivity contribution < 1.29 is 9.47 Å². The van der Waals surface area contributed by atoms with Gasteiger partial charge in [-0.2, -0.15) is 0 Å². The van der Waals surface area contributed by atoms with Gasteiger partial charge in [-0.3, -0.25) is 0 Å². The number of rotatable bonds is 4. The highest BCUT2D eigenvalue weighted by Gasteiger charge is 2.07. The number of benzene rings is 1. The molecule has 4 nitrogen and oxygen atoms in total. The lowest BCUT2D eigenvalue weighted by atomic mass is 10.1. The van der Waals surface area contributed by atoms with Gasteiger partial charge in [0.2, 0.25) is 5.88 Å². The van der Waals surface area contributed by atoms with Crippen LogP contribution in [0.1, 0.15) is 11.3 Å². The monoisotopic (exact) mass is 244 g/mol. The molecule has 2 N–H and O–H groups in total. The summed E-state index contributed by atoms with van der Waals surface area (Å²) >= 11 is 0. The summed E-state index contributed by atoms with van der Waals surface area (Å²) in [4.78, 5) is 4.27. The van der Waals surface area contributed by atoms with Crippen LogP contribution in [0.4, 0.5) is 5.69 Å². The smallest absolute Gasteiger partial charge is 0.213 e. The molecule has 0 aliphatic rings. The Kier molecular flexibility index (Phi) is 3.67. The SMILES string of the molecule is COc1cccc(N)c1COc1cccc(C)n1. The largest absolute Gasteiger partial charge is 0.496 e. The third-order valence-corrected chi connectivity index (χ3v) is 2.62.